The first kappa shape index (κ1) is 20.6. The van der Waals surface area contributed by atoms with E-state index in [0.717, 1.165) is 21.3 Å². The first-order chi connectivity index (χ1) is 14.6. The predicted octanol–water partition coefficient (Wildman–Crippen LogP) is 7.06. The zero-order valence-electron chi connectivity index (χ0n) is 15.6. The van der Waals surface area contributed by atoms with E-state index in [4.69, 9.17) is 16.3 Å². The topological polar surface area (TPSA) is 51.2 Å². The van der Waals surface area contributed by atoms with E-state index in [1.54, 1.807) is 12.1 Å². The van der Waals surface area contributed by atoms with E-state index in [2.05, 4.69) is 26.2 Å². The lowest BCUT2D eigenvalue weighted by Crippen LogP contribution is -2.13. The van der Waals surface area contributed by atoms with Gasteiger partial charge in [-0.2, -0.15) is 0 Å². The molecule has 4 rings (SSSR count). The molecule has 0 saturated carbocycles. The summed E-state index contributed by atoms with van der Waals surface area (Å²) in [6.45, 7) is 0.372. The number of rotatable bonds is 6. The summed E-state index contributed by atoms with van der Waals surface area (Å²) in [6, 6.07) is 22.6. The van der Waals surface area contributed by atoms with E-state index in [9.17, 15) is 4.79 Å². The summed E-state index contributed by atoms with van der Waals surface area (Å²) in [7, 11) is 0. The first-order valence-electron chi connectivity index (χ1n) is 9.08. The average molecular weight is 500 g/mol. The molecule has 0 spiro atoms. The normalized spacial score (nSPS) is 10.6. The van der Waals surface area contributed by atoms with E-state index in [1.807, 2.05) is 66.0 Å². The summed E-state index contributed by atoms with van der Waals surface area (Å²) in [5.41, 5.74) is 2.99. The molecule has 1 N–H and O–H groups in total. The van der Waals surface area contributed by atoms with E-state index in [1.165, 1.54) is 11.3 Å². The Morgan fingerprint density at radius 3 is 2.63 bits per heavy atom. The fourth-order valence-electron chi connectivity index (χ4n) is 2.83. The Kier molecular flexibility index (Phi) is 6.47. The van der Waals surface area contributed by atoms with Gasteiger partial charge < -0.3 is 4.74 Å². The molecule has 1 heterocycles. The number of benzene rings is 3. The van der Waals surface area contributed by atoms with E-state index < -0.39 is 0 Å². The van der Waals surface area contributed by atoms with Crippen LogP contribution in [0.5, 0.6) is 5.75 Å². The van der Waals surface area contributed by atoms with Crippen LogP contribution in [-0.4, -0.2) is 10.9 Å². The summed E-state index contributed by atoms with van der Waals surface area (Å²) < 4.78 is 6.70. The van der Waals surface area contributed by atoms with Crippen LogP contribution < -0.4 is 10.1 Å². The summed E-state index contributed by atoms with van der Waals surface area (Å²) in [5.74, 6) is 0.210. The number of halogens is 2. The van der Waals surface area contributed by atoms with Crippen molar-refractivity contribution >= 4 is 49.9 Å². The summed E-state index contributed by atoms with van der Waals surface area (Å²) >= 11 is 11.0. The van der Waals surface area contributed by atoms with Gasteiger partial charge in [-0.3, -0.25) is 10.1 Å². The summed E-state index contributed by atoms with van der Waals surface area (Å²) in [5, 5.41) is 5.83. The minimum absolute atomic E-state index is 0.292. The molecule has 1 aromatic heterocycles. The molecule has 30 heavy (non-hydrogen) atoms. The van der Waals surface area contributed by atoms with Gasteiger partial charge in [0.25, 0.3) is 5.91 Å². The minimum atomic E-state index is -0.292. The third-order valence-corrected chi connectivity index (χ3v) is 5.88. The van der Waals surface area contributed by atoms with Gasteiger partial charge in [0, 0.05) is 20.4 Å². The molecule has 3 aromatic carbocycles. The van der Waals surface area contributed by atoms with Crippen molar-refractivity contribution in [2.45, 2.75) is 6.61 Å². The highest BCUT2D eigenvalue weighted by atomic mass is 79.9. The third kappa shape index (κ3) is 4.90. The Labute approximate surface area is 191 Å². The fraction of sp³-hybridized carbons (Fsp3) is 0.0435. The monoisotopic (exact) mass is 498 g/mol. The average Bonchev–Trinajstić information content (AvgIpc) is 3.22. The second-order valence-electron chi connectivity index (χ2n) is 6.39. The van der Waals surface area contributed by atoms with E-state index in [-0.39, 0.29) is 5.91 Å². The number of amides is 1. The SMILES string of the molecule is O=C(Nc1nc(-c2ccccc2Cl)cs1)c1cc(Br)ccc1OCc1ccccc1. The van der Waals surface area contributed by atoms with Crippen LogP contribution in [0.2, 0.25) is 5.02 Å². The maximum Gasteiger partial charge on any atom is 0.261 e. The zero-order valence-corrected chi connectivity index (χ0v) is 18.8. The van der Waals surface area contributed by atoms with Crippen LogP contribution in [0.4, 0.5) is 5.13 Å². The van der Waals surface area contributed by atoms with Crippen molar-refractivity contribution in [1.29, 1.82) is 0 Å². The molecule has 7 heteroatoms. The number of aromatic nitrogens is 1. The van der Waals surface area contributed by atoms with Gasteiger partial charge >= 0.3 is 0 Å². The Hall–Kier alpha value is -2.67. The van der Waals surface area contributed by atoms with Crippen molar-refractivity contribution in [3.05, 3.63) is 98.8 Å². The second-order valence-corrected chi connectivity index (χ2v) is 8.57. The van der Waals surface area contributed by atoms with Gasteiger partial charge in [-0.05, 0) is 29.8 Å². The molecule has 150 valence electrons. The lowest BCUT2D eigenvalue weighted by atomic mass is 10.2. The van der Waals surface area contributed by atoms with E-state index >= 15 is 0 Å². The van der Waals surface area contributed by atoms with Gasteiger partial charge in [-0.1, -0.05) is 76.1 Å². The lowest BCUT2D eigenvalue weighted by molar-refractivity contribution is 0.102. The molecule has 4 nitrogen and oxygen atoms in total. The smallest absolute Gasteiger partial charge is 0.261 e. The number of nitrogens with zero attached hydrogens (tertiary/aromatic N) is 1. The largest absolute Gasteiger partial charge is 0.488 e. The Balaban J connectivity index is 1.52. The van der Waals surface area contributed by atoms with Crippen LogP contribution in [0.25, 0.3) is 11.3 Å². The molecular weight excluding hydrogens is 484 g/mol. The predicted molar refractivity (Wildman–Crippen MR) is 125 cm³/mol. The van der Waals surface area contributed by atoms with Crippen molar-refractivity contribution in [1.82, 2.24) is 4.98 Å². The molecule has 1 amide bonds. The summed E-state index contributed by atoms with van der Waals surface area (Å²) in [4.78, 5) is 17.4. The molecule has 0 fully saturated rings. The van der Waals surface area contributed by atoms with E-state index in [0.29, 0.717) is 28.1 Å². The maximum atomic E-state index is 12.9. The molecule has 0 aliphatic heterocycles. The summed E-state index contributed by atoms with van der Waals surface area (Å²) in [6.07, 6.45) is 0. The molecule has 0 aliphatic rings. The maximum absolute atomic E-state index is 12.9. The number of anilines is 1. The highest BCUT2D eigenvalue weighted by Gasteiger charge is 2.16. The standard InChI is InChI=1S/C23H16BrClN2O2S/c24-16-10-11-21(29-13-15-6-2-1-3-7-15)18(12-16)22(28)27-23-26-20(14-30-23)17-8-4-5-9-19(17)25/h1-12,14H,13H2,(H,26,27,28). The number of ether oxygens (including phenoxy) is 1. The zero-order chi connectivity index (χ0) is 20.9. The number of hydrogen-bond donors (Lipinski definition) is 1. The Morgan fingerprint density at radius 2 is 1.83 bits per heavy atom. The number of carbonyl (C=O) groups excluding carboxylic acids is 1. The van der Waals surface area contributed by atoms with Gasteiger partial charge in [-0.15, -0.1) is 11.3 Å². The van der Waals surface area contributed by atoms with Crippen molar-refractivity contribution in [2.24, 2.45) is 0 Å². The lowest BCUT2D eigenvalue weighted by Gasteiger charge is -2.11. The first-order valence-corrected chi connectivity index (χ1v) is 11.1. The van der Waals surface area contributed by atoms with Crippen molar-refractivity contribution < 1.29 is 9.53 Å². The molecule has 0 saturated heterocycles. The van der Waals surface area contributed by atoms with Crippen LogP contribution in [0.1, 0.15) is 15.9 Å². The third-order valence-electron chi connectivity index (χ3n) is 4.30. The number of nitrogens with one attached hydrogen (secondary N) is 1. The minimum Gasteiger partial charge on any atom is -0.488 e. The highest BCUT2D eigenvalue weighted by Crippen LogP contribution is 2.31. The van der Waals surface area contributed by atoms with Gasteiger partial charge in [0.2, 0.25) is 0 Å². The van der Waals surface area contributed by atoms with Gasteiger partial charge in [0.15, 0.2) is 5.13 Å². The number of carbonyl (C=O) groups is 1. The van der Waals surface area contributed by atoms with Crippen LogP contribution in [-0.2, 0) is 6.61 Å². The molecule has 0 atom stereocenters. The van der Waals surface area contributed by atoms with Crippen LogP contribution in [0.3, 0.4) is 0 Å². The Morgan fingerprint density at radius 1 is 1.07 bits per heavy atom. The van der Waals surface area contributed by atoms with Crippen LogP contribution in [0, 0.1) is 0 Å². The quantitative estimate of drug-likeness (QED) is 0.309. The van der Waals surface area contributed by atoms with Gasteiger partial charge in [0.05, 0.1) is 11.3 Å². The van der Waals surface area contributed by atoms with Crippen molar-refractivity contribution in [2.75, 3.05) is 5.32 Å². The van der Waals surface area contributed by atoms with Gasteiger partial charge in [-0.25, -0.2) is 4.98 Å². The van der Waals surface area contributed by atoms with Gasteiger partial charge in [0.1, 0.15) is 12.4 Å². The second kappa shape index (κ2) is 9.43. The molecule has 0 aliphatic carbocycles. The molecule has 0 bridgehead atoms. The molecule has 4 aromatic rings. The Bertz CT molecular complexity index is 1180. The molecule has 0 radical (unpaired) electrons. The van der Waals surface area contributed by atoms with Crippen LogP contribution >= 0.6 is 38.9 Å². The fourth-order valence-corrected chi connectivity index (χ4v) is 4.13. The molecular formula is C23H16BrClN2O2S. The number of hydrogen-bond acceptors (Lipinski definition) is 4. The van der Waals surface area contributed by atoms with Crippen molar-refractivity contribution in [3.63, 3.8) is 0 Å². The van der Waals surface area contributed by atoms with Crippen molar-refractivity contribution in [3.8, 4) is 17.0 Å². The van der Waals surface area contributed by atoms with Crippen LogP contribution in [0.15, 0.2) is 82.6 Å². The number of thiazole rings is 1. The molecule has 0 unspecified atom stereocenters. The highest BCUT2D eigenvalue weighted by molar-refractivity contribution is 9.10.